The number of esters is 2. The summed E-state index contributed by atoms with van der Waals surface area (Å²) in [7, 11) is 1.49. The van der Waals surface area contributed by atoms with Gasteiger partial charge in [0.1, 0.15) is 11.9 Å². The van der Waals surface area contributed by atoms with E-state index in [9.17, 15) is 14.4 Å². The summed E-state index contributed by atoms with van der Waals surface area (Å²) in [5.74, 6) is 0.446. The largest absolute Gasteiger partial charge is 0.469 e. The predicted molar refractivity (Wildman–Crippen MR) is 115 cm³/mol. The van der Waals surface area contributed by atoms with Crippen LogP contribution < -0.4 is 0 Å². The molecule has 0 spiro atoms. The maximum Gasteiger partial charge on any atom is 0.311 e. The number of ketones is 1. The minimum atomic E-state index is -0.459. The zero-order chi connectivity index (χ0) is 22.3. The summed E-state index contributed by atoms with van der Waals surface area (Å²) in [6.07, 6.45) is 6.64. The first-order chi connectivity index (χ1) is 14.0. The summed E-state index contributed by atoms with van der Waals surface area (Å²) in [6.45, 7) is 7.95. The van der Waals surface area contributed by atoms with E-state index in [1.165, 1.54) is 14.0 Å². The maximum absolute atomic E-state index is 12.8. The molecule has 0 aromatic carbocycles. The van der Waals surface area contributed by atoms with Gasteiger partial charge in [-0.15, -0.1) is 11.6 Å². The topological polar surface area (TPSA) is 69.7 Å². The molecule has 0 aliphatic heterocycles. The van der Waals surface area contributed by atoms with Crippen molar-refractivity contribution in [1.82, 2.24) is 0 Å². The van der Waals surface area contributed by atoms with E-state index in [-0.39, 0.29) is 52.4 Å². The smallest absolute Gasteiger partial charge is 0.311 e. The van der Waals surface area contributed by atoms with Crippen molar-refractivity contribution in [3.63, 3.8) is 0 Å². The van der Waals surface area contributed by atoms with Crippen molar-refractivity contribution < 1.29 is 23.9 Å². The lowest BCUT2D eigenvalue weighted by Crippen LogP contribution is -2.60. The van der Waals surface area contributed by atoms with Crippen LogP contribution in [0.3, 0.4) is 0 Å². The molecule has 0 unspecified atom stereocenters. The lowest BCUT2D eigenvalue weighted by molar-refractivity contribution is -0.202. The van der Waals surface area contributed by atoms with Crippen LogP contribution in [0.2, 0.25) is 0 Å². The molecule has 0 heterocycles. The van der Waals surface area contributed by atoms with Crippen LogP contribution in [0.5, 0.6) is 0 Å². The van der Waals surface area contributed by atoms with Crippen molar-refractivity contribution in [2.75, 3.05) is 13.0 Å². The first-order valence-electron chi connectivity index (χ1n) is 11.3. The number of Topliss-reactive ketones (excluding diaryl/α,β-unsaturated/α-hetero) is 1. The second-order valence-corrected chi connectivity index (χ2v) is 11.0. The van der Waals surface area contributed by atoms with E-state index in [1.807, 2.05) is 0 Å². The Morgan fingerprint density at radius 2 is 1.73 bits per heavy atom. The van der Waals surface area contributed by atoms with E-state index in [0.717, 1.165) is 44.9 Å². The molecule has 0 radical (unpaired) electrons. The van der Waals surface area contributed by atoms with Gasteiger partial charge in [0.15, 0.2) is 0 Å². The predicted octanol–water partition coefficient (Wildman–Crippen LogP) is 4.93. The number of fused-ring (bicyclic) bond motifs is 3. The highest BCUT2D eigenvalue weighted by atomic mass is 35.5. The van der Waals surface area contributed by atoms with E-state index >= 15 is 0 Å². The third-order valence-electron chi connectivity index (χ3n) is 8.93. The minimum absolute atomic E-state index is 0.000327. The van der Waals surface area contributed by atoms with E-state index in [2.05, 4.69) is 20.8 Å². The summed E-state index contributed by atoms with van der Waals surface area (Å²) < 4.78 is 11.2. The fourth-order valence-electron chi connectivity index (χ4n) is 7.68. The average Bonchev–Trinajstić information content (AvgIpc) is 2.68. The van der Waals surface area contributed by atoms with Crippen LogP contribution in [0.1, 0.15) is 79.1 Å². The Morgan fingerprint density at radius 1 is 1.03 bits per heavy atom. The number of ether oxygens (including phenoxy) is 2. The van der Waals surface area contributed by atoms with Gasteiger partial charge in [-0.25, -0.2) is 0 Å². The van der Waals surface area contributed by atoms with Gasteiger partial charge in [0.05, 0.1) is 18.4 Å². The molecule has 30 heavy (non-hydrogen) atoms. The van der Waals surface area contributed by atoms with E-state index in [0.29, 0.717) is 12.3 Å². The number of carbonyl (C=O) groups excluding carboxylic acids is 3. The minimum Gasteiger partial charge on any atom is -0.469 e. The molecular formula is C24H37ClO5. The molecule has 0 N–H and O–H groups in total. The van der Waals surface area contributed by atoms with Crippen LogP contribution in [0.15, 0.2) is 0 Å². The monoisotopic (exact) mass is 440 g/mol. The third kappa shape index (κ3) is 3.80. The number of methoxy groups -OCH3 is 1. The molecule has 5 nitrogen and oxygen atoms in total. The molecule has 7 atom stereocenters. The van der Waals surface area contributed by atoms with Crippen molar-refractivity contribution >= 4 is 29.3 Å². The zero-order valence-electron chi connectivity index (χ0n) is 19.1. The molecule has 3 fully saturated rings. The fraction of sp³-hybridized carbons (Fsp3) is 0.875. The van der Waals surface area contributed by atoms with Gasteiger partial charge in [0.2, 0.25) is 0 Å². The maximum atomic E-state index is 12.8. The molecule has 3 rings (SSSR count). The normalized spacial score (nSPS) is 43.1. The highest BCUT2D eigenvalue weighted by molar-refractivity contribution is 6.27. The fourth-order valence-corrected chi connectivity index (χ4v) is 7.77. The number of rotatable bonds is 5. The van der Waals surface area contributed by atoms with Gasteiger partial charge in [-0.2, -0.15) is 0 Å². The van der Waals surface area contributed by atoms with Crippen LogP contribution in [0, 0.1) is 34.0 Å². The summed E-state index contributed by atoms with van der Waals surface area (Å²) in [5, 5.41) is 0. The molecule has 3 aliphatic carbocycles. The molecule has 0 aromatic rings. The van der Waals surface area contributed by atoms with Crippen LogP contribution in [-0.4, -0.2) is 36.8 Å². The SMILES string of the molecule is COC(=O)[C@]1(C)CCC[C@@]2(C)[C@H]1CC[C@H]1[C@H](OC(C)=O)[C@@](C)(CC(=O)CCl)CC[C@@H]12. The van der Waals surface area contributed by atoms with Crippen LogP contribution in [0.25, 0.3) is 0 Å². The summed E-state index contributed by atoms with van der Waals surface area (Å²) >= 11 is 5.81. The highest BCUT2D eigenvalue weighted by Gasteiger charge is 2.63. The van der Waals surface area contributed by atoms with Gasteiger partial charge in [0, 0.05) is 18.8 Å². The molecule has 170 valence electrons. The standard InChI is InChI=1S/C24H37ClO5/c1-15(26)30-20-17-7-8-19-23(3,10-6-11-24(19,4)21(28)29-5)18(17)9-12-22(20,2)13-16(27)14-25/h17-20H,6-14H2,1-5H3/t17-,18+,19-,20+,22-,23-,24-/m1/s1. The second-order valence-electron chi connectivity index (χ2n) is 10.7. The highest BCUT2D eigenvalue weighted by Crippen LogP contribution is 2.66. The number of hydrogen-bond acceptors (Lipinski definition) is 5. The Hall–Kier alpha value is -1.10. The molecule has 3 aliphatic rings. The van der Waals surface area contributed by atoms with Gasteiger partial charge >= 0.3 is 11.9 Å². The molecule has 0 saturated heterocycles. The molecule has 6 heteroatoms. The first kappa shape index (κ1) is 23.6. The molecule has 0 amide bonds. The Labute approximate surface area is 185 Å². The van der Waals surface area contributed by atoms with Crippen LogP contribution in [0.4, 0.5) is 0 Å². The Kier molecular flexibility index (Phi) is 6.63. The molecule has 0 aromatic heterocycles. The Morgan fingerprint density at radius 3 is 2.33 bits per heavy atom. The molecule has 0 bridgehead atoms. The Bertz CT molecular complexity index is 708. The lowest BCUT2D eigenvalue weighted by atomic mass is 9.42. The van der Waals surface area contributed by atoms with Crippen molar-refractivity contribution in [3.05, 3.63) is 0 Å². The quantitative estimate of drug-likeness (QED) is 0.448. The van der Waals surface area contributed by atoms with E-state index in [1.54, 1.807) is 0 Å². The first-order valence-corrected chi connectivity index (χ1v) is 11.9. The second kappa shape index (κ2) is 8.44. The van der Waals surface area contributed by atoms with Crippen molar-refractivity contribution in [2.24, 2.45) is 34.0 Å². The van der Waals surface area contributed by atoms with Crippen LogP contribution >= 0.6 is 11.6 Å². The van der Waals surface area contributed by atoms with Gasteiger partial charge < -0.3 is 9.47 Å². The van der Waals surface area contributed by atoms with Gasteiger partial charge in [-0.05, 0) is 68.6 Å². The van der Waals surface area contributed by atoms with Crippen LogP contribution in [-0.2, 0) is 23.9 Å². The Balaban J connectivity index is 1.95. The summed E-state index contributed by atoms with van der Waals surface area (Å²) in [4.78, 5) is 37.0. The summed E-state index contributed by atoms with van der Waals surface area (Å²) in [6, 6.07) is 0. The number of alkyl halides is 1. The van der Waals surface area contributed by atoms with Gasteiger partial charge in [0.25, 0.3) is 0 Å². The van der Waals surface area contributed by atoms with Crippen molar-refractivity contribution in [1.29, 1.82) is 0 Å². The van der Waals surface area contributed by atoms with Crippen molar-refractivity contribution in [2.45, 2.75) is 85.2 Å². The number of hydrogen-bond donors (Lipinski definition) is 0. The van der Waals surface area contributed by atoms with Gasteiger partial charge in [-0.1, -0.05) is 20.3 Å². The van der Waals surface area contributed by atoms with Gasteiger partial charge in [-0.3, -0.25) is 14.4 Å². The number of carbonyl (C=O) groups is 3. The van der Waals surface area contributed by atoms with E-state index < -0.39 is 5.41 Å². The lowest BCUT2D eigenvalue weighted by Gasteiger charge is -2.63. The number of halogens is 1. The third-order valence-corrected chi connectivity index (χ3v) is 9.22. The van der Waals surface area contributed by atoms with E-state index in [4.69, 9.17) is 21.1 Å². The molecule has 3 saturated carbocycles. The summed E-state index contributed by atoms with van der Waals surface area (Å²) in [5.41, 5.74) is -0.846. The zero-order valence-corrected chi connectivity index (χ0v) is 19.8. The molecular weight excluding hydrogens is 404 g/mol. The average molecular weight is 441 g/mol. The van der Waals surface area contributed by atoms with Crippen molar-refractivity contribution in [3.8, 4) is 0 Å².